The Morgan fingerprint density at radius 3 is 2.15 bits per heavy atom. The molecule has 4 nitrogen and oxygen atoms in total. The van der Waals surface area contributed by atoms with Crippen LogP contribution in [0.1, 0.15) is 54.6 Å². The fraction of sp³-hybridized carbons (Fsp3) is 0.364. The summed E-state index contributed by atoms with van der Waals surface area (Å²) in [7, 11) is 2.02. The number of benzene rings is 2. The first-order valence-corrected chi connectivity index (χ1v) is 9.03. The van der Waals surface area contributed by atoms with Crippen molar-refractivity contribution >= 4 is 17.4 Å². The number of nitrogens with one attached hydrogen (secondary N) is 1. The number of hydrogen-bond acceptors (Lipinski definition) is 3. The Labute approximate surface area is 156 Å². The van der Waals surface area contributed by atoms with Crippen LogP contribution in [-0.4, -0.2) is 30.2 Å². The summed E-state index contributed by atoms with van der Waals surface area (Å²) in [5.74, 6) is 0.531. The number of hydrogen-bond donors (Lipinski definition) is 1. The van der Waals surface area contributed by atoms with Crippen LogP contribution in [0.3, 0.4) is 0 Å². The van der Waals surface area contributed by atoms with Gasteiger partial charge in [-0.1, -0.05) is 38.1 Å². The molecule has 1 amide bonds. The standard InChI is InChI=1S/C22H28N2O2/c1-16(2)19-7-5-18(6-8-19)15-24(4)14-13-22(26)23-21-11-9-20(10-12-21)17(3)25/h5-12,16H,13-15H2,1-4H3,(H,23,26). The molecule has 0 spiro atoms. The van der Waals surface area contributed by atoms with Crippen molar-refractivity contribution in [2.75, 3.05) is 18.9 Å². The normalized spacial score (nSPS) is 11.0. The monoisotopic (exact) mass is 352 g/mol. The molecule has 0 heterocycles. The van der Waals surface area contributed by atoms with E-state index >= 15 is 0 Å². The molecule has 138 valence electrons. The molecule has 0 aliphatic rings. The first-order chi connectivity index (χ1) is 12.3. The number of amides is 1. The first kappa shape index (κ1) is 19.9. The molecule has 0 atom stereocenters. The average molecular weight is 352 g/mol. The zero-order valence-electron chi connectivity index (χ0n) is 16.1. The number of rotatable bonds is 8. The van der Waals surface area contributed by atoms with Crippen molar-refractivity contribution in [3.8, 4) is 0 Å². The van der Waals surface area contributed by atoms with E-state index in [2.05, 4.69) is 48.3 Å². The Kier molecular flexibility index (Phi) is 7.10. The van der Waals surface area contributed by atoms with Gasteiger partial charge < -0.3 is 10.2 Å². The maximum Gasteiger partial charge on any atom is 0.225 e. The molecule has 0 saturated carbocycles. The second-order valence-electron chi connectivity index (χ2n) is 7.07. The van der Waals surface area contributed by atoms with Gasteiger partial charge in [-0.3, -0.25) is 9.59 Å². The summed E-state index contributed by atoms with van der Waals surface area (Å²) in [6, 6.07) is 15.6. The van der Waals surface area contributed by atoms with E-state index in [1.54, 1.807) is 24.3 Å². The molecule has 0 aliphatic carbocycles. The molecule has 0 fully saturated rings. The molecule has 2 aromatic rings. The van der Waals surface area contributed by atoms with Crippen LogP contribution in [0.5, 0.6) is 0 Å². The third-order valence-corrected chi connectivity index (χ3v) is 4.39. The smallest absolute Gasteiger partial charge is 0.225 e. The Morgan fingerprint density at radius 2 is 1.62 bits per heavy atom. The molecular weight excluding hydrogens is 324 g/mol. The Morgan fingerprint density at radius 1 is 1.00 bits per heavy atom. The molecule has 0 radical (unpaired) electrons. The lowest BCUT2D eigenvalue weighted by atomic mass is 10.0. The van der Waals surface area contributed by atoms with E-state index in [-0.39, 0.29) is 11.7 Å². The summed E-state index contributed by atoms with van der Waals surface area (Å²) in [6.45, 7) is 7.41. The van der Waals surface area contributed by atoms with Gasteiger partial charge in [-0.15, -0.1) is 0 Å². The SMILES string of the molecule is CC(=O)c1ccc(NC(=O)CCN(C)Cc2ccc(C(C)C)cc2)cc1. The minimum absolute atomic E-state index is 0.0194. The molecule has 4 heteroatoms. The lowest BCUT2D eigenvalue weighted by Gasteiger charge is -2.17. The Hall–Kier alpha value is -2.46. The van der Waals surface area contributed by atoms with E-state index in [1.165, 1.54) is 18.1 Å². The van der Waals surface area contributed by atoms with E-state index in [9.17, 15) is 9.59 Å². The van der Waals surface area contributed by atoms with Gasteiger partial charge in [0, 0.05) is 30.8 Å². The maximum absolute atomic E-state index is 12.1. The van der Waals surface area contributed by atoms with E-state index < -0.39 is 0 Å². The lowest BCUT2D eigenvalue weighted by molar-refractivity contribution is -0.116. The van der Waals surface area contributed by atoms with Gasteiger partial charge >= 0.3 is 0 Å². The van der Waals surface area contributed by atoms with Crippen molar-refractivity contribution in [1.82, 2.24) is 4.90 Å². The molecule has 0 saturated heterocycles. The first-order valence-electron chi connectivity index (χ1n) is 9.03. The van der Waals surface area contributed by atoms with Crippen molar-refractivity contribution in [3.63, 3.8) is 0 Å². The van der Waals surface area contributed by atoms with Crippen LogP contribution in [0.15, 0.2) is 48.5 Å². The average Bonchev–Trinajstić information content (AvgIpc) is 2.61. The molecule has 0 aliphatic heterocycles. The number of nitrogens with zero attached hydrogens (tertiary/aromatic N) is 1. The highest BCUT2D eigenvalue weighted by Crippen LogP contribution is 2.15. The van der Waals surface area contributed by atoms with E-state index in [0.29, 0.717) is 30.1 Å². The van der Waals surface area contributed by atoms with Gasteiger partial charge in [0.15, 0.2) is 5.78 Å². The number of carbonyl (C=O) groups is 2. The third kappa shape index (κ3) is 6.12. The zero-order chi connectivity index (χ0) is 19.1. The van der Waals surface area contributed by atoms with Gasteiger partial charge in [-0.25, -0.2) is 0 Å². The van der Waals surface area contributed by atoms with Gasteiger partial charge in [-0.05, 0) is 55.3 Å². The van der Waals surface area contributed by atoms with Gasteiger partial charge in [-0.2, -0.15) is 0 Å². The summed E-state index contributed by atoms with van der Waals surface area (Å²) in [4.78, 5) is 25.5. The van der Waals surface area contributed by atoms with Crippen molar-refractivity contribution in [3.05, 3.63) is 65.2 Å². The van der Waals surface area contributed by atoms with Crippen LogP contribution in [0.25, 0.3) is 0 Å². The van der Waals surface area contributed by atoms with E-state index in [4.69, 9.17) is 0 Å². The fourth-order valence-electron chi connectivity index (χ4n) is 2.70. The third-order valence-electron chi connectivity index (χ3n) is 4.39. The number of Topliss-reactive ketones (excluding diaryl/α,β-unsaturated/α-hetero) is 1. The fourth-order valence-corrected chi connectivity index (χ4v) is 2.70. The number of ketones is 1. The molecule has 2 aromatic carbocycles. The van der Waals surface area contributed by atoms with Gasteiger partial charge in [0.2, 0.25) is 5.91 Å². The van der Waals surface area contributed by atoms with Gasteiger partial charge in [0.1, 0.15) is 0 Å². The van der Waals surface area contributed by atoms with Gasteiger partial charge in [0.25, 0.3) is 0 Å². The van der Waals surface area contributed by atoms with Crippen molar-refractivity contribution < 1.29 is 9.59 Å². The van der Waals surface area contributed by atoms with Crippen molar-refractivity contribution in [1.29, 1.82) is 0 Å². The molecule has 0 unspecified atom stereocenters. The Bertz CT molecular complexity index is 734. The minimum atomic E-state index is -0.0254. The highest BCUT2D eigenvalue weighted by Gasteiger charge is 2.07. The topological polar surface area (TPSA) is 49.4 Å². The summed E-state index contributed by atoms with van der Waals surface area (Å²) in [6.07, 6.45) is 0.426. The zero-order valence-corrected chi connectivity index (χ0v) is 16.1. The van der Waals surface area contributed by atoms with E-state index in [0.717, 1.165) is 6.54 Å². The molecule has 26 heavy (non-hydrogen) atoms. The Balaban J connectivity index is 1.78. The van der Waals surface area contributed by atoms with E-state index in [1.807, 2.05) is 7.05 Å². The molecule has 0 aromatic heterocycles. The summed E-state index contributed by atoms with van der Waals surface area (Å²) in [5.41, 5.74) is 3.95. The number of anilines is 1. The molecular formula is C22H28N2O2. The van der Waals surface area contributed by atoms with Crippen LogP contribution in [0.4, 0.5) is 5.69 Å². The molecule has 2 rings (SSSR count). The quantitative estimate of drug-likeness (QED) is 0.713. The highest BCUT2D eigenvalue weighted by atomic mass is 16.1. The van der Waals surface area contributed by atoms with Crippen molar-refractivity contribution in [2.24, 2.45) is 0 Å². The minimum Gasteiger partial charge on any atom is -0.326 e. The van der Waals surface area contributed by atoms with Crippen LogP contribution in [0, 0.1) is 0 Å². The largest absolute Gasteiger partial charge is 0.326 e. The van der Waals surface area contributed by atoms with Gasteiger partial charge in [0.05, 0.1) is 0 Å². The maximum atomic E-state index is 12.1. The van der Waals surface area contributed by atoms with Crippen LogP contribution >= 0.6 is 0 Å². The summed E-state index contributed by atoms with van der Waals surface area (Å²) < 4.78 is 0. The predicted molar refractivity (Wildman–Crippen MR) is 107 cm³/mol. The van der Waals surface area contributed by atoms with Crippen LogP contribution in [0.2, 0.25) is 0 Å². The molecule has 0 bridgehead atoms. The second-order valence-corrected chi connectivity index (χ2v) is 7.07. The van der Waals surface area contributed by atoms with Crippen LogP contribution < -0.4 is 5.32 Å². The van der Waals surface area contributed by atoms with Crippen LogP contribution in [-0.2, 0) is 11.3 Å². The molecule has 1 N–H and O–H groups in total. The predicted octanol–water partition coefficient (Wildman–Crippen LogP) is 4.47. The second kappa shape index (κ2) is 9.30. The summed E-state index contributed by atoms with van der Waals surface area (Å²) in [5, 5.41) is 2.87. The number of carbonyl (C=O) groups excluding carboxylic acids is 2. The van der Waals surface area contributed by atoms with Crippen molar-refractivity contribution in [2.45, 2.75) is 39.7 Å². The summed E-state index contributed by atoms with van der Waals surface area (Å²) >= 11 is 0. The highest BCUT2D eigenvalue weighted by molar-refractivity contribution is 5.95. The lowest BCUT2D eigenvalue weighted by Crippen LogP contribution is -2.24.